The summed E-state index contributed by atoms with van der Waals surface area (Å²) in [6.07, 6.45) is -2.02. The van der Waals surface area contributed by atoms with Gasteiger partial charge < -0.3 is 10.5 Å². The van der Waals surface area contributed by atoms with Gasteiger partial charge in [-0.2, -0.15) is 0 Å². The summed E-state index contributed by atoms with van der Waals surface area (Å²) in [5.74, 6) is -1.59. The maximum absolute atomic E-state index is 13.6. The first-order chi connectivity index (χ1) is 7.97. The number of nitrogens with two attached hydrogens (primary N) is 1. The summed E-state index contributed by atoms with van der Waals surface area (Å²) in [5.41, 5.74) is 5.75. The lowest BCUT2D eigenvalue weighted by Crippen LogP contribution is -2.31. The van der Waals surface area contributed by atoms with E-state index in [0.29, 0.717) is 4.47 Å². The van der Waals surface area contributed by atoms with E-state index in [9.17, 15) is 13.6 Å². The van der Waals surface area contributed by atoms with Crippen molar-refractivity contribution >= 4 is 34.3 Å². The van der Waals surface area contributed by atoms with Gasteiger partial charge in [-0.05, 0) is 30.7 Å². The molecule has 0 spiro atoms. The topological polar surface area (TPSA) is 52.3 Å². The van der Waals surface area contributed by atoms with Crippen LogP contribution in [0.15, 0.2) is 22.7 Å². The van der Waals surface area contributed by atoms with E-state index in [4.69, 9.17) is 5.73 Å². The Kier molecular flexibility index (Phi) is 7.35. The monoisotopic (exact) mass is 343 g/mol. The number of ether oxygens (including phenoxy) is 1. The summed E-state index contributed by atoms with van der Waals surface area (Å²) in [6.45, 7) is 1.63. The zero-order chi connectivity index (χ0) is 13.0. The minimum absolute atomic E-state index is 0. The van der Waals surface area contributed by atoms with Crippen LogP contribution in [-0.2, 0) is 9.53 Å². The third kappa shape index (κ3) is 4.19. The van der Waals surface area contributed by atoms with Crippen LogP contribution in [0, 0.1) is 5.82 Å². The molecule has 0 aromatic heterocycles. The second-order valence-electron chi connectivity index (χ2n) is 3.35. The fraction of sp³-hybridized carbons (Fsp3) is 0.364. The largest absolute Gasteiger partial charge is 0.464 e. The Hall–Kier alpha value is -0.720. The van der Waals surface area contributed by atoms with Crippen LogP contribution >= 0.6 is 28.3 Å². The summed E-state index contributed by atoms with van der Waals surface area (Å²) in [7, 11) is 0. The van der Waals surface area contributed by atoms with E-state index >= 15 is 0 Å². The minimum Gasteiger partial charge on any atom is -0.464 e. The highest BCUT2D eigenvalue weighted by molar-refractivity contribution is 9.10. The van der Waals surface area contributed by atoms with E-state index in [1.54, 1.807) is 6.92 Å². The van der Waals surface area contributed by atoms with E-state index in [0.717, 1.165) is 6.07 Å². The molecular formula is C11H13BrClF2NO2. The molecule has 2 atom stereocenters. The third-order valence-electron chi connectivity index (χ3n) is 2.14. The normalized spacial score (nSPS) is 13.4. The van der Waals surface area contributed by atoms with Crippen LogP contribution in [0.2, 0.25) is 0 Å². The summed E-state index contributed by atoms with van der Waals surface area (Å²) in [6, 6.07) is 2.43. The number of hydrogen-bond acceptors (Lipinski definition) is 3. The molecule has 0 bridgehead atoms. The quantitative estimate of drug-likeness (QED) is 0.855. The number of esters is 1. The molecule has 102 valence electrons. The van der Waals surface area contributed by atoms with Crippen molar-refractivity contribution in [2.75, 3.05) is 6.61 Å². The second kappa shape index (κ2) is 7.66. The second-order valence-corrected chi connectivity index (χ2v) is 4.20. The molecule has 0 aliphatic rings. The fourth-order valence-corrected chi connectivity index (χ4v) is 1.81. The molecule has 0 saturated heterocycles. The van der Waals surface area contributed by atoms with Crippen molar-refractivity contribution in [1.29, 1.82) is 0 Å². The number of carbonyl (C=O) groups excluding carboxylic acids is 1. The Morgan fingerprint density at radius 2 is 2.17 bits per heavy atom. The molecule has 1 aromatic carbocycles. The van der Waals surface area contributed by atoms with Gasteiger partial charge in [-0.3, -0.25) is 0 Å². The number of alkyl halides is 1. The number of halogens is 4. The first-order valence-corrected chi connectivity index (χ1v) is 5.78. The van der Waals surface area contributed by atoms with Gasteiger partial charge in [0.2, 0.25) is 6.17 Å². The highest BCUT2D eigenvalue weighted by atomic mass is 79.9. The van der Waals surface area contributed by atoms with Crippen LogP contribution in [0.3, 0.4) is 0 Å². The molecule has 3 nitrogen and oxygen atoms in total. The molecule has 18 heavy (non-hydrogen) atoms. The first-order valence-electron chi connectivity index (χ1n) is 4.98. The van der Waals surface area contributed by atoms with E-state index in [2.05, 4.69) is 20.7 Å². The lowest BCUT2D eigenvalue weighted by molar-refractivity contribution is -0.149. The molecule has 0 amide bonds. The molecule has 1 rings (SSSR count). The predicted octanol–water partition coefficient (Wildman–Crippen LogP) is 2.91. The molecule has 1 unspecified atom stereocenters. The molecule has 0 radical (unpaired) electrons. The molecule has 0 aliphatic carbocycles. The van der Waals surface area contributed by atoms with Crippen molar-refractivity contribution in [1.82, 2.24) is 0 Å². The van der Waals surface area contributed by atoms with Gasteiger partial charge in [0.1, 0.15) is 5.82 Å². The number of rotatable bonds is 4. The smallest absolute Gasteiger partial charge is 0.342 e. The zero-order valence-corrected chi connectivity index (χ0v) is 11.9. The minimum atomic E-state index is -2.02. The van der Waals surface area contributed by atoms with Crippen molar-refractivity contribution < 1.29 is 18.3 Å². The molecule has 2 N–H and O–H groups in total. The van der Waals surface area contributed by atoms with Gasteiger partial charge in [-0.25, -0.2) is 13.6 Å². The predicted molar refractivity (Wildman–Crippen MR) is 69.8 cm³/mol. The first kappa shape index (κ1) is 17.3. The number of carbonyl (C=O) groups is 1. The maximum atomic E-state index is 13.6. The summed E-state index contributed by atoms with van der Waals surface area (Å²) in [5, 5.41) is 0. The molecule has 0 aliphatic heterocycles. The van der Waals surface area contributed by atoms with E-state index in [1.807, 2.05) is 0 Å². The Labute approximate surface area is 118 Å². The molecule has 7 heteroatoms. The summed E-state index contributed by atoms with van der Waals surface area (Å²) < 4.78 is 31.6. The third-order valence-corrected chi connectivity index (χ3v) is 2.87. The highest BCUT2D eigenvalue weighted by Gasteiger charge is 2.29. The lowest BCUT2D eigenvalue weighted by atomic mass is 10.0. The van der Waals surface area contributed by atoms with Crippen LogP contribution in [-0.4, -0.2) is 18.7 Å². The van der Waals surface area contributed by atoms with Crippen LogP contribution in [0.1, 0.15) is 18.5 Å². The Morgan fingerprint density at radius 3 is 2.72 bits per heavy atom. The molecular weight excluding hydrogens is 331 g/mol. The zero-order valence-electron chi connectivity index (χ0n) is 9.53. The average Bonchev–Trinajstić information content (AvgIpc) is 2.30. The summed E-state index contributed by atoms with van der Waals surface area (Å²) in [4.78, 5) is 11.2. The van der Waals surface area contributed by atoms with Gasteiger partial charge >= 0.3 is 5.97 Å². The maximum Gasteiger partial charge on any atom is 0.342 e. The lowest BCUT2D eigenvalue weighted by Gasteiger charge is -2.17. The molecule has 0 heterocycles. The van der Waals surface area contributed by atoms with Crippen LogP contribution in [0.4, 0.5) is 8.78 Å². The van der Waals surface area contributed by atoms with Crippen molar-refractivity contribution in [2.45, 2.75) is 19.1 Å². The standard InChI is InChI=1S/C11H12BrF2NO2.ClH/c1-2-17-11(16)9(14)10(15)7-5-6(13)3-4-8(7)12;/h3-5,9-10H,2,15H2,1H3;1H/t9?,10-;/m1./s1. The van der Waals surface area contributed by atoms with Gasteiger partial charge in [0.15, 0.2) is 0 Å². The number of hydrogen-bond donors (Lipinski definition) is 1. The van der Waals surface area contributed by atoms with Crippen molar-refractivity contribution in [3.63, 3.8) is 0 Å². The molecule has 0 fully saturated rings. The Balaban J connectivity index is 0.00000289. The van der Waals surface area contributed by atoms with Gasteiger partial charge in [-0.1, -0.05) is 15.9 Å². The number of benzene rings is 1. The molecule has 1 aromatic rings. The van der Waals surface area contributed by atoms with Gasteiger partial charge in [0.05, 0.1) is 12.6 Å². The Bertz CT molecular complexity index is 420. The van der Waals surface area contributed by atoms with Crippen LogP contribution < -0.4 is 5.73 Å². The average molecular weight is 345 g/mol. The van der Waals surface area contributed by atoms with E-state index in [-0.39, 0.29) is 24.6 Å². The fourth-order valence-electron chi connectivity index (χ4n) is 1.30. The molecule has 0 saturated carbocycles. The van der Waals surface area contributed by atoms with Crippen molar-refractivity contribution in [2.24, 2.45) is 5.73 Å². The van der Waals surface area contributed by atoms with Crippen LogP contribution in [0.5, 0.6) is 0 Å². The SMILES string of the molecule is CCOC(=O)C(F)[C@H](N)c1cc(F)ccc1Br.Cl. The van der Waals surface area contributed by atoms with E-state index < -0.39 is 24.0 Å². The van der Waals surface area contributed by atoms with Crippen molar-refractivity contribution in [3.05, 3.63) is 34.1 Å². The van der Waals surface area contributed by atoms with E-state index in [1.165, 1.54) is 12.1 Å². The van der Waals surface area contributed by atoms with Crippen LogP contribution in [0.25, 0.3) is 0 Å². The summed E-state index contributed by atoms with van der Waals surface area (Å²) >= 11 is 3.12. The van der Waals surface area contributed by atoms with Gasteiger partial charge in [0, 0.05) is 4.47 Å². The van der Waals surface area contributed by atoms with Crippen molar-refractivity contribution in [3.8, 4) is 0 Å². The van der Waals surface area contributed by atoms with Gasteiger partial charge in [0.25, 0.3) is 0 Å². The highest BCUT2D eigenvalue weighted by Crippen LogP contribution is 2.26. The Morgan fingerprint density at radius 1 is 1.56 bits per heavy atom. The van der Waals surface area contributed by atoms with Gasteiger partial charge in [-0.15, -0.1) is 12.4 Å².